The van der Waals surface area contributed by atoms with Crippen LogP contribution in [0.3, 0.4) is 0 Å². The van der Waals surface area contributed by atoms with Gasteiger partial charge in [-0.2, -0.15) is 0 Å². The topological polar surface area (TPSA) is 55.1 Å². The lowest BCUT2D eigenvalue weighted by molar-refractivity contribution is 0.0952. The minimum absolute atomic E-state index is 0.0209. The maximum absolute atomic E-state index is 11.9. The maximum Gasteiger partial charge on any atom is 0.251 e. The largest absolute Gasteiger partial charge is 0.352 e. The smallest absolute Gasteiger partial charge is 0.251 e. The highest BCUT2D eigenvalue weighted by Crippen LogP contribution is 2.12. The molecular weight excluding hydrogens is 200 g/mol. The molecule has 0 saturated carbocycles. The van der Waals surface area contributed by atoms with Crippen LogP contribution in [-0.4, -0.2) is 19.0 Å². The van der Waals surface area contributed by atoms with E-state index >= 15 is 0 Å². The van der Waals surface area contributed by atoms with Crippen LogP contribution in [0, 0.1) is 13.8 Å². The van der Waals surface area contributed by atoms with Crippen molar-refractivity contribution in [1.82, 2.24) is 5.32 Å². The maximum atomic E-state index is 11.9. The van der Waals surface area contributed by atoms with Gasteiger partial charge >= 0.3 is 0 Å². The number of nitrogens with two attached hydrogens (primary N) is 1. The number of carbonyl (C=O) groups is 1. The standard InChI is InChI=1S/C13H20N2O/c1-10-6-5-7-11(2)12(10)13(16)15-9-4-3-8-14/h5-7H,3-4,8-9,14H2,1-2H3,(H,15,16). The monoisotopic (exact) mass is 220 g/mol. The van der Waals surface area contributed by atoms with Gasteiger partial charge in [-0.3, -0.25) is 4.79 Å². The number of hydrogen-bond donors (Lipinski definition) is 2. The fourth-order valence-corrected chi connectivity index (χ4v) is 1.73. The molecule has 3 heteroatoms. The predicted octanol–water partition coefficient (Wildman–Crippen LogP) is 1.77. The molecule has 0 aromatic heterocycles. The molecule has 1 amide bonds. The molecule has 0 atom stereocenters. The second kappa shape index (κ2) is 6.28. The fraction of sp³-hybridized carbons (Fsp3) is 0.462. The van der Waals surface area contributed by atoms with Crippen LogP contribution in [0.2, 0.25) is 0 Å². The van der Waals surface area contributed by atoms with E-state index < -0.39 is 0 Å². The summed E-state index contributed by atoms with van der Waals surface area (Å²) in [6, 6.07) is 5.89. The van der Waals surface area contributed by atoms with Crippen LogP contribution in [0.15, 0.2) is 18.2 Å². The lowest BCUT2D eigenvalue weighted by Gasteiger charge is -2.09. The quantitative estimate of drug-likeness (QED) is 0.743. The van der Waals surface area contributed by atoms with E-state index in [0.717, 1.165) is 29.5 Å². The van der Waals surface area contributed by atoms with E-state index in [1.165, 1.54) is 0 Å². The van der Waals surface area contributed by atoms with Gasteiger partial charge in [0.1, 0.15) is 0 Å². The van der Waals surface area contributed by atoms with Gasteiger partial charge in [0.15, 0.2) is 0 Å². The number of carbonyl (C=O) groups excluding carboxylic acids is 1. The van der Waals surface area contributed by atoms with E-state index in [1.54, 1.807) is 0 Å². The van der Waals surface area contributed by atoms with Crippen molar-refractivity contribution in [2.45, 2.75) is 26.7 Å². The molecule has 88 valence electrons. The molecule has 0 unspecified atom stereocenters. The van der Waals surface area contributed by atoms with Crippen molar-refractivity contribution in [3.8, 4) is 0 Å². The van der Waals surface area contributed by atoms with Gasteiger partial charge in [0.05, 0.1) is 0 Å². The summed E-state index contributed by atoms with van der Waals surface area (Å²) in [7, 11) is 0. The van der Waals surface area contributed by atoms with E-state index in [4.69, 9.17) is 5.73 Å². The van der Waals surface area contributed by atoms with Gasteiger partial charge in [-0.15, -0.1) is 0 Å². The van der Waals surface area contributed by atoms with Crippen molar-refractivity contribution >= 4 is 5.91 Å². The zero-order valence-electron chi connectivity index (χ0n) is 10.0. The van der Waals surface area contributed by atoms with E-state index in [9.17, 15) is 4.79 Å². The van der Waals surface area contributed by atoms with Crippen LogP contribution >= 0.6 is 0 Å². The first-order chi connectivity index (χ1) is 7.66. The van der Waals surface area contributed by atoms with Crippen molar-refractivity contribution in [1.29, 1.82) is 0 Å². The zero-order valence-corrected chi connectivity index (χ0v) is 10.0. The molecule has 0 spiro atoms. The highest BCUT2D eigenvalue weighted by molar-refractivity contribution is 5.96. The molecule has 16 heavy (non-hydrogen) atoms. The molecule has 0 fully saturated rings. The van der Waals surface area contributed by atoms with E-state index in [-0.39, 0.29) is 5.91 Å². The third kappa shape index (κ3) is 3.35. The molecule has 1 rings (SSSR count). The Morgan fingerprint density at radius 1 is 1.25 bits per heavy atom. The number of unbranched alkanes of at least 4 members (excludes halogenated alkanes) is 1. The molecule has 0 bridgehead atoms. The number of amides is 1. The predicted molar refractivity (Wildman–Crippen MR) is 66.5 cm³/mol. The van der Waals surface area contributed by atoms with Gasteiger partial charge in [-0.1, -0.05) is 18.2 Å². The Kier molecular flexibility index (Phi) is 4.99. The number of nitrogens with one attached hydrogen (secondary N) is 1. The Morgan fingerprint density at radius 2 is 1.88 bits per heavy atom. The lowest BCUT2D eigenvalue weighted by atomic mass is 10.0. The highest BCUT2D eigenvalue weighted by atomic mass is 16.1. The Bertz CT molecular complexity index is 341. The zero-order chi connectivity index (χ0) is 12.0. The first-order valence-corrected chi connectivity index (χ1v) is 5.71. The Hall–Kier alpha value is -1.35. The third-order valence-corrected chi connectivity index (χ3v) is 2.62. The van der Waals surface area contributed by atoms with Crippen molar-refractivity contribution < 1.29 is 4.79 Å². The van der Waals surface area contributed by atoms with Gasteiger partial charge in [-0.25, -0.2) is 0 Å². The lowest BCUT2D eigenvalue weighted by Crippen LogP contribution is -2.26. The third-order valence-electron chi connectivity index (χ3n) is 2.62. The van der Waals surface area contributed by atoms with Crippen molar-refractivity contribution in [3.05, 3.63) is 34.9 Å². The molecule has 0 aliphatic carbocycles. The molecule has 0 aliphatic rings. The summed E-state index contributed by atoms with van der Waals surface area (Å²) in [5.41, 5.74) is 8.24. The SMILES string of the molecule is Cc1cccc(C)c1C(=O)NCCCCN. The summed E-state index contributed by atoms with van der Waals surface area (Å²) in [6.45, 7) is 5.30. The van der Waals surface area contributed by atoms with E-state index in [2.05, 4.69) is 5.32 Å². The summed E-state index contributed by atoms with van der Waals surface area (Å²) in [5, 5.41) is 2.92. The normalized spacial score (nSPS) is 10.2. The Morgan fingerprint density at radius 3 is 2.44 bits per heavy atom. The highest BCUT2D eigenvalue weighted by Gasteiger charge is 2.10. The van der Waals surface area contributed by atoms with Gasteiger partial charge in [-0.05, 0) is 44.4 Å². The van der Waals surface area contributed by atoms with Crippen molar-refractivity contribution in [2.75, 3.05) is 13.1 Å². The number of benzene rings is 1. The molecule has 3 N–H and O–H groups in total. The second-order valence-electron chi connectivity index (χ2n) is 4.02. The van der Waals surface area contributed by atoms with Crippen LogP contribution in [0.25, 0.3) is 0 Å². The van der Waals surface area contributed by atoms with Crippen LogP contribution < -0.4 is 11.1 Å². The minimum Gasteiger partial charge on any atom is -0.352 e. The molecule has 1 aromatic carbocycles. The number of rotatable bonds is 5. The Balaban J connectivity index is 2.59. The van der Waals surface area contributed by atoms with E-state index in [0.29, 0.717) is 13.1 Å². The van der Waals surface area contributed by atoms with Gasteiger partial charge in [0.25, 0.3) is 5.91 Å². The second-order valence-corrected chi connectivity index (χ2v) is 4.02. The molecule has 0 heterocycles. The van der Waals surface area contributed by atoms with Crippen LogP contribution in [-0.2, 0) is 0 Å². The summed E-state index contributed by atoms with van der Waals surface area (Å²) in [5.74, 6) is 0.0209. The number of hydrogen-bond acceptors (Lipinski definition) is 2. The summed E-state index contributed by atoms with van der Waals surface area (Å²) in [4.78, 5) is 11.9. The van der Waals surface area contributed by atoms with Gasteiger partial charge < -0.3 is 11.1 Å². The number of aryl methyl sites for hydroxylation is 2. The van der Waals surface area contributed by atoms with Crippen LogP contribution in [0.1, 0.15) is 34.3 Å². The first-order valence-electron chi connectivity index (χ1n) is 5.71. The van der Waals surface area contributed by atoms with Crippen molar-refractivity contribution in [3.63, 3.8) is 0 Å². The van der Waals surface area contributed by atoms with Gasteiger partial charge in [0, 0.05) is 12.1 Å². The van der Waals surface area contributed by atoms with Crippen molar-refractivity contribution in [2.24, 2.45) is 5.73 Å². The average molecular weight is 220 g/mol. The molecule has 0 radical (unpaired) electrons. The van der Waals surface area contributed by atoms with Crippen LogP contribution in [0.4, 0.5) is 0 Å². The van der Waals surface area contributed by atoms with Gasteiger partial charge in [0.2, 0.25) is 0 Å². The summed E-state index contributed by atoms with van der Waals surface area (Å²) in [6.07, 6.45) is 1.89. The van der Waals surface area contributed by atoms with E-state index in [1.807, 2.05) is 32.0 Å². The Labute approximate surface area is 97.0 Å². The molecule has 3 nitrogen and oxygen atoms in total. The summed E-state index contributed by atoms with van der Waals surface area (Å²) >= 11 is 0. The fourth-order valence-electron chi connectivity index (χ4n) is 1.73. The molecule has 0 saturated heterocycles. The molecule has 0 aliphatic heterocycles. The minimum atomic E-state index is 0.0209. The summed E-state index contributed by atoms with van der Waals surface area (Å²) < 4.78 is 0. The molecular formula is C13H20N2O. The molecule has 1 aromatic rings. The first kappa shape index (κ1) is 12.7. The average Bonchev–Trinajstić information content (AvgIpc) is 2.24. The van der Waals surface area contributed by atoms with Crippen LogP contribution in [0.5, 0.6) is 0 Å².